The molecule has 0 heterocycles. The molecule has 11 heavy (non-hydrogen) atoms. The van der Waals surface area contributed by atoms with Crippen LogP contribution >= 0.6 is 11.6 Å². The van der Waals surface area contributed by atoms with Gasteiger partial charge in [0.2, 0.25) is 0 Å². The number of unbranched alkanes of at least 4 members (excludes halogenated alkanes) is 2. The van der Waals surface area contributed by atoms with Crippen LogP contribution in [0.5, 0.6) is 0 Å². The molecule has 0 radical (unpaired) electrons. The van der Waals surface area contributed by atoms with Crippen molar-refractivity contribution in [3.8, 4) is 0 Å². The molecule has 0 aromatic heterocycles. The van der Waals surface area contributed by atoms with Gasteiger partial charge >= 0.3 is 0 Å². The Kier molecular flexibility index (Phi) is 5.98. The van der Waals surface area contributed by atoms with Crippen LogP contribution in [0.15, 0.2) is 0 Å². The molecule has 68 valence electrons. The Balaban J connectivity index is 3.23. The molecular weight excluding hydrogens is 160 g/mol. The second kappa shape index (κ2) is 5.84. The normalized spacial score (nSPS) is 12.0. The van der Waals surface area contributed by atoms with Crippen LogP contribution in [0.4, 0.5) is 0 Å². The minimum atomic E-state index is 0.275. The SMILES string of the molecule is CC(C)(CCl)CCCCCO. The summed E-state index contributed by atoms with van der Waals surface area (Å²) in [5, 5.41) is 8.53. The van der Waals surface area contributed by atoms with Crippen LogP contribution < -0.4 is 0 Å². The zero-order valence-electron chi connectivity index (χ0n) is 7.57. The summed E-state index contributed by atoms with van der Waals surface area (Å²) >= 11 is 5.76. The second-order valence-electron chi connectivity index (χ2n) is 3.83. The van der Waals surface area contributed by atoms with Crippen molar-refractivity contribution in [3.05, 3.63) is 0 Å². The summed E-state index contributed by atoms with van der Waals surface area (Å²) in [6, 6.07) is 0. The van der Waals surface area contributed by atoms with E-state index in [-0.39, 0.29) is 5.41 Å². The maximum absolute atomic E-state index is 8.53. The van der Waals surface area contributed by atoms with Gasteiger partial charge in [0.25, 0.3) is 0 Å². The monoisotopic (exact) mass is 178 g/mol. The zero-order chi connectivity index (χ0) is 8.74. The van der Waals surface area contributed by atoms with Crippen LogP contribution in [0, 0.1) is 5.41 Å². The molecule has 0 saturated heterocycles. The Hall–Kier alpha value is 0.250. The molecule has 0 aromatic carbocycles. The van der Waals surface area contributed by atoms with E-state index in [2.05, 4.69) is 13.8 Å². The standard InChI is InChI=1S/C9H19ClO/c1-9(2,8-10)6-4-3-5-7-11/h11H,3-8H2,1-2H3. The van der Waals surface area contributed by atoms with E-state index in [1.54, 1.807) is 0 Å². The number of aliphatic hydroxyl groups is 1. The molecular formula is C9H19ClO. The van der Waals surface area contributed by atoms with Gasteiger partial charge in [-0.25, -0.2) is 0 Å². The summed E-state index contributed by atoms with van der Waals surface area (Å²) in [6.07, 6.45) is 4.39. The first kappa shape index (κ1) is 11.2. The molecule has 0 rings (SSSR count). The minimum absolute atomic E-state index is 0.275. The van der Waals surface area contributed by atoms with Crippen LogP contribution in [-0.4, -0.2) is 17.6 Å². The zero-order valence-corrected chi connectivity index (χ0v) is 8.32. The predicted molar refractivity (Wildman–Crippen MR) is 50.1 cm³/mol. The van der Waals surface area contributed by atoms with Gasteiger partial charge in [0.05, 0.1) is 0 Å². The molecule has 0 aliphatic carbocycles. The van der Waals surface area contributed by atoms with Gasteiger partial charge in [0.15, 0.2) is 0 Å². The molecule has 1 nitrogen and oxygen atoms in total. The maximum Gasteiger partial charge on any atom is 0.0431 e. The number of aliphatic hydroxyl groups excluding tert-OH is 1. The highest BCUT2D eigenvalue weighted by Crippen LogP contribution is 2.24. The lowest BCUT2D eigenvalue weighted by Gasteiger charge is -2.20. The Morgan fingerprint density at radius 2 is 1.82 bits per heavy atom. The van der Waals surface area contributed by atoms with Crippen LogP contribution in [-0.2, 0) is 0 Å². The Labute approximate surface area is 74.8 Å². The number of hydrogen-bond donors (Lipinski definition) is 1. The summed E-state index contributed by atoms with van der Waals surface area (Å²) in [7, 11) is 0. The molecule has 0 saturated carbocycles. The molecule has 0 amide bonds. The maximum atomic E-state index is 8.53. The average molecular weight is 179 g/mol. The quantitative estimate of drug-likeness (QED) is 0.490. The van der Waals surface area contributed by atoms with E-state index in [1.165, 1.54) is 6.42 Å². The molecule has 0 aliphatic rings. The van der Waals surface area contributed by atoms with Crippen LogP contribution in [0.2, 0.25) is 0 Å². The molecule has 2 heteroatoms. The Morgan fingerprint density at radius 1 is 1.18 bits per heavy atom. The van der Waals surface area contributed by atoms with Crippen molar-refractivity contribution in [2.24, 2.45) is 5.41 Å². The van der Waals surface area contributed by atoms with Crippen molar-refractivity contribution in [2.45, 2.75) is 39.5 Å². The lowest BCUT2D eigenvalue weighted by molar-refractivity contribution is 0.276. The third kappa shape index (κ3) is 6.64. The fourth-order valence-corrected chi connectivity index (χ4v) is 1.09. The fourth-order valence-electron chi connectivity index (χ4n) is 0.959. The van der Waals surface area contributed by atoms with Gasteiger partial charge in [-0.3, -0.25) is 0 Å². The van der Waals surface area contributed by atoms with E-state index < -0.39 is 0 Å². The topological polar surface area (TPSA) is 20.2 Å². The van der Waals surface area contributed by atoms with E-state index in [1.807, 2.05) is 0 Å². The van der Waals surface area contributed by atoms with Gasteiger partial charge < -0.3 is 5.11 Å². The van der Waals surface area contributed by atoms with Gasteiger partial charge in [0, 0.05) is 12.5 Å². The first-order valence-corrected chi connectivity index (χ1v) is 4.83. The van der Waals surface area contributed by atoms with Crippen LogP contribution in [0.25, 0.3) is 0 Å². The molecule has 0 fully saturated rings. The lowest BCUT2D eigenvalue weighted by atomic mass is 9.89. The summed E-state index contributed by atoms with van der Waals surface area (Å²) in [5.74, 6) is 0.728. The molecule has 0 atom stereocenters. The van der Waals surface area contributed by atoms with Crippen molar-refractivity contribution < 1.29 is 5.11 Å². The van der Waals surface area contributed by atoms with E-state index >= 15 is 0 Å². The van der Waals surface area contributed by atoms with Gasteiger partial charge in [-0.05, 0) is 18.3 Å². The number of hydrogen-bond acceptors (Lipinski definition) is 1. The van der Waals surface area contributed by atoms with E-state index in [4.69, 9.17) is 16.7 Å². The minimum Gasteiger partial charge on any atom is -0.396 e. The van der Waals surface area contributed by atoms with Crippen molar-refractivity contribution in [1.82, 2.24) is 0 Å². The molecule has 0 bridgehead atoms. The second-order valence-corrected chi connectivity index (χ2v) is 4.10. The highest BCUT2D eigenvalue weighted by Gasteiger charge is 2.14. The number of halogens is 1. The average Bonchev–Trinajstić information content (AvgIpc) is 1.99. The molecule has 0 spiro atoms. The third-order valence-electron chi connectivity index (χ3n) is 1.87. The smallest absolute Gasteiger partial charge is 0.0431 e. The first-order valence-electron chi connectivity index (χ1n) is 4.29. The van der Waals surface area contributed by atoms with Crippen LogP contribution in [0.1, 0.15) is 39.5 Å². The van der Waals surface area contributed by atoms with E-state index in [0.717, 1.165) is 25.1 Å². The van der Waals surface area contributed by atoms with E-state index in [0.29, 0.717) is 6.61 Å². The fraction of sp³-hybridized carbons (Fsp3) is 1.00. The number of rotatable bonds is 6. The van der Waals surface area contributed by atoms with Gasteiger partial charge in [-0.1, -0.05) is 26.7 Å². The van der Waals surface area contributed by atoms with Gasteiger partial charge in [-0.15, -0.1) is 11.6 Å². The van der Waals surface area contributed by atoms with Crippen molar-refractivity contribution in [3.63, 3.8) is 0 Å². The summed E-state index contributed by atoms with van der Waals surface area (Å²) in [6.45, 7) is 4.68. The Morgan fingerprint density at radius 3 is 2.27 bits per heavy atom. The largest absolute Gasteiger partial charge is 0.396 e. The summed E-state index contributed by atoms with van der Waals surface area (Å²) < 4.78 is 0. The lowest BCUT2D eigenvalue weighted by Crippen LogP contribution is -2.12. The van der Waals surface area contributed by atoms with Crippen molar-refractivity contribution >= 4 is 11.6 Å². The molecule has 0 aromatic rings. The molecule has 1 N–H and O–H groups in total. The molecule has 0 unspecified atom stereocenters. The highest BCUT2D eigenvalue weighted by atomic mass is 35.5. The summed E-state index contributed by atoms with van der Waals surface area (Å²) in [5.41, 5.74) is 0.275. The van der Waals surface area contributed by atoms with Gasteiger partial charge in [-0.2, -0.15) is 0 Å². The van der Waals surface area contributed by atoms with Crippen molar-refractivity contribution in [1.29, 1.82) is 0 Å². The first-order chi connectivity index (χ1) is 5.12. The van der Waals surface area contributed by atoms with Crippen molar-refractivity contribution in [2.75, 3.05) is 12.5 Å². The highest BCUT2D eigenvalue weighted by molar-refractivity contribution is 6.18. The predicted octanol–water partition coefficient (Wildman–Crippen LogP) is 2.80. The number of alkyl halides is 1. The van der Waals surface area contributed by atoms with Gasteiger partial charge in [0.1, 0.15) is 0 Å². The molecule has 0 aliphatic heterocycles. The van der Waals surface area contributed by atoms with E-state index in [9.17, 15) is 0 Å². The third-order valence-corrected chi connectivity index (χ3v) is 2.60. The summed E-state index contributed by atoms with van der Waals surface area (Å²) in [4.78, 5) is 0. The van der Waals surface area contributed by atoms with Crippen LogP contribution in [0.3, 0.4) is 0 Å². The Bertz CT molecular complexity index is 91.6.